The second-order valence-corrected chi connectivity index (χ2v) is 5.18. The van der Waals surface area contributed by atoms with Gasteiger partial charge in [0, 0.05) is 12.7 Å². The van der Waals surface area contributed by atoms with Crippen LogP contribution < -0.4 is 5.32 Å². The monoisotopic (exact) mass is 244 g/mol. The van der Waals surface area contributed by atoms with Crippen LogP contribution in [0.25, 0.3) is 11.0 Å². The van der Waals surface area contributed by atoms with Gasteiger partial charge in [-0.3, -0.25) is 4.98 Å². The highest BCUT2D eigenvalue weighted by Crippen LogP contribution is 2.30. The minimum Gasteiger partial charge on any atom is -0.327 e. The minimum absolute atomic E-state index is 0.393. The Morgan fingerprint density at radius 1 is 1.50 bits per heavy atom. The van der Waals surface area contributed by atoms with E-state index < -0.39 is 0 Å². The predicted molar refractivity (Wildman–Crippen MR) is 72.3 cm³/mol. The molecule has 0 aromatic carbocycles. The van der Waals surface area contributed by atoms with E-state index in [2.05, 4.69) is 34.8 Å². The molecule has 2 unspecified atom stereocenters. The number of fused-ring (bicyclic) bond motifs is 1. The van der Waals surface area contributed by atoms with Gasteiger partial charge in [0.1, 0.15) is 11.3 Å². The summed E-state index contributed by atoms with van der Waals surface area (Å²) in [5.74, 6) is 1.84. The number of hydrogen-bond donors (Lipinski definition) is 1. The highest BCUT2D eigenvalue weighted by atomic mass is 15.1. The summed E-state index contributed by atoms with van der Waals surface area (Å²) in [4.78, 5) is 8.98. The van der Waals surface area contributed by atoms with E-state index in [1.807, 2.05) is 12.4 Å². The molecule has 2 atom stereocenters. The van der Waals surface area contributed by atoms with Gasteiger partial charge < -0.3 is 9.88 Å². The molecule has 96 valence electrons. The Morgan fingerprint density at radius 2 is 2.39 bits per heavy atom. The zero-order chi connectivity index (χ0) is 12.5. The lowest BCUT2D eigenvalue weighted by Gasteiger charge is -2.17. The number of nitrogens with one attached hydrogen (secondary N) is 1. The van der Waals surface area contributed by atoms with Crippen LogP contribution in [0.15, 0.2) is 18.5 Å². The van der Waals surface area contributed by atoms with Gasteiger partial charge in [-0.2, -0.15) is 0 Å². The summed E-state index contributed by atoms with van der Waals surface area (Å²) in [5, 5.41) is 3.58. The van der Waals surface area contributed by atoms with Crippen molar-refractivity contribution in [1.29, 1.82) is 0 Å². The molecule has 1 aliphatic rings. The maximum Gasteiger partial charge on any atom is 0.127 e. The average molecular weight is 244 g/mol. The molecule has 1 fully saturated rings. The van der Waals surface area contributed by atoms with Crippen molar-refractivity contribution in [2.24, 2.45) is 5.92 Å². The number of aryl methyl sites for hydroxylation is 1. The van der Waals surface area contributed by atoms with Crippen molar-refractivity contribution in [2.45, 2.75) is 39.3 Å². The van der Waals surface area contributed by atoms with Gasteiger partial charge in [0.2, 0.25) is 0 Å². The van der Waals surface area contributed by atoms with E-state index in [0.717, 1.165) is 25.0 Å². The average Bonchev–Trinajstić information content (AvgIpc) is 2.94. The first-order chi connectivity index (χ1) is 8.81. The number of hydrogen-bond acceptors (Lipinski definition) is 3. The third-order valence-electron chi connectivity index (χ3n) is 3.84. The Kier molecular flexibility index (Phi) is 3.04. The summed E-state index contributed by atoms with van der Waals surface area (Å²) in [6, 6.07) is 2.46. The van der Waals surface area contributed by atoms with E-state index >= 15 is 0 Å². The largest absolute Gasteiger partial charge is 0.327 e. The zero-order valence-corrected chi connectivity index (χ0v) is 11.1. The summed E-state index contributed by atoms with van der Waals surface area (Å²) < 4.78 is 2.36. The van der Waals surface area contributed by atoms with E-state index in [1.54, 1.807) is 0 Å². The minimum atomic E-state index is 0.393. The van der Waals surface area contributed by atoms with E-state index in [0.29, 0.717) is 12.0 Å². The molecule has 1 N–H and O–H groups in total. The Balaban J connectivity index is 2.12. The van der Waals surface area contributed by atoms with Crippen LogP contribution in [0.1, 0.15) is 38.6 Å². The first-order valence-corrected chi connectivity index (χ1v) is 6.84. The van der Waals surface area contributed by atoms with Gasteiger partial charge in [0.05, 0.1) is 17.8 Å². The van der Waals surface area contributed by atoms with Crippen molar-refractivity contribution >= 4 is 11.0 Å². The molecule has 3 heterocycles. The van der Waals surface area contributed by atoms with Gasteiger partial charge in [-0.05, 0) is 31.4 Å². The second kappa shape index (κ2) is 4.69. The first-order valence-electron chi connectivity index (χ1n) is 6.84. The SMILES string of the molecule is CCCn1c(C2NCCC2C)nc2cnccc21. The van der Waals surface area contributed by atoms with Crippen LogP contribution in [0.3, 0.4) is 0 Å². The van der Waals surface area contributed by atoms with Crippen LogP contribution in [0.4, 0.5) is 0 Å². The fraction of sp³-hybridized carbons (Fsp3) is 0.571. The molecule has 1 saturated heterocycles. The maximum absolute atomic E-state index is 4.80. The fourth-order valence-electron chi connectivity index (χ4n) is 2.88. The van der Waals surface area contributed by atoms with Crippen molar-refractivity contribution in [3.8, 4) is 0 Å². The lowest BCUT2D eigenvalue weighted by atomic mass is 10.0. The molecule has 1 aliphatic heterocycles. The second-order valence-electron chi connectivity index (χ2n) is 5.18. The lowest BCUT2D eigenvalue weighted by molar-refractivity contribution is 0.457. The summed E-state index contributed by atoms with van der Waals surface area (Å²) in [6.07, 6.45) is 6.08. The van der Waals surface area contributed by atoms with E-state index in [1.165, 1.54) is 17.8 Å². The molecule has 4 nitrogen and oxygen atoms in total. The zero-order valence-electron chi connectivity index (χ0n) is 11.1. The molecule has 0 aliphatic carbocycles. The normalized spacial score (nSPS) is 23.9. The van der Waals surface area contributed by atoms with Gasteiger partial charge >= 0.3 is 0 Å². The Hall–Kier alpha value is -1.42. The van der Waals surface area contributed by atoms with Crippen molar-refractivity contribution in [2.75, 3.05) is 6.54 Å². The van der Waals surface area contributed by atoms with Crippen LogP contribution in [0, 0.1) is 5.92 Å². The number of rotatable bonds is 3. The molecule has 0 amide bonds. The summed E-state index contributed by atoms with van der Waals surface area (Å²) in [6.45, 7) is 6.64. The maximum atomic E-state index is 4.80. The lowest BCUT2D eigenvalue weighted by Crippen LogP contribution is -2.21. The van der Waals surface area contributed by atoms with Crippen LogP contribution in [0.2, 0.25) is 0 Å². The van der Waals surface area contributed by atoms with Crippen molar-refractivity contribution in [3.05, 3.63) is 24.3 Å². The Morgan fingerprint density at radius 3 is 3.11 bits per heavy atom. The summed E-state index contributed by atoms with van der Waals surface area (Å²) in [5.41, 5.74) is 2.23. The van der Waals surface area contributed by atoms with Crippen LogP contribution in [-0.2, 0) is 6.54 Å². The van der Waals surface area contributed by atoms with Gasteiger partial charge in [-0.1, -0.05) is 13.8 Å². The number of pyridine rings is 1. The van der Waals surface area contributed by atoms with Gasteiger partial charge in [0.15, 0.2) is 0 Å². The Labute approximate surface area is 107 Å². The molecule has 0 saturated carbocycles. The van der Waals surface area contributed by atoms with Crippen LogP contribution in [-0.4, -0.2) is 21.1 Å². The number of aromatic nitrogens is 3. The first kappa shape index (κ1) is 11.7. The number of nitrogens with zero attached hydrogens (tertiary/aromatic N) is 3. The summed E-state index contributed by atoms with van der Waals surface area (Å²) >= 11 is 0. The molecule has 2 aromatic rings. The van der Waals surface area contributed by atoms with E-state index in [9.17, 15) is 0 Å². The van der Waals surface area contributed by atoms with Crippen molar-refractivity contribution in [1.82, 2.24) is 19.9 Å². The molecule has 3 rings (SSSR count). The van der Waals surface area contributed by atoms with Gasteiger partial charge in [-0.25, -0.2) is 4.98 Å². The smallest absolute Gasteiger partial charge is 0.127 e. The molecule has 0 spiro atoms. The molecule has 2 aromatic heterocycles. The van der Waals surface area contributed by atoms with Crippen LogP contribution >= 0.6 is 0 Å². The molecule has 4 heteroatoms. The topological polar surface area (TPSA) is 42.7 Å². The summed E-state index contributed by atoms with van der Waals surface area (Å²) in [7, 11) is 0. The number of imidazole rings is 1. The van der Waals surface area contributed by atoms with Crippen molar-refractivity contribution < 1.29 is 0 Å². The third kappa shape index (κ3) is 1.81. The predicted octanol–water partition coefficient (Wildman–Crippen LogP) is 2.51. The van der Waals surface area contributed by atoms with E-state index in [-0.39, 0.29) is 0 Å². The van der Waals surface area contributed by atoms with Gasteiger partial charge in [-0.15, -0.1) is 0 Å². The van der Waals surface area contributed by atoms with Crippen molar-refractivity contribution in [3.63, 3.8) is 0 Å². The highest BCUT2D eigenvalue weighted by molar-refractivity contribution is 5.74. The highest BCUT2D eigenvalue weighted by Gasteiger charge is 2.28. The molecular weight excluding hydrogens is 224 g/mol. The molecule has 0 radical (unpaired) electrons. The fourth-order valence-corrected chi connectivity index (χ4v) is 2.88. The third-order valence-corrected chi connectivity index (χ3v) is 3.84. The van der Waals surface area contributed by atoms with Gasteiger partial charge in [0.25, 0.3) is 0 Å². The Bertz CT molecular complexity index is 546. The quantitative estimate of drug-likeness (QED) is 0.902. The molecular formula is C14H20N4. The standard InChI is InChI=1S/C14H20N4/c1-3-8-18-12-5-6-15-9-11(12)17-14(18)13-10(2)4-7-16-13/h5-6,9-10,13,16H,3-4,7-8H2,1-2H3. The van der Waals surface area contributed by atoms with E-state index in [4.69, 9.17) is 4.98 Å². The molecule has 0 bridgehead atoms. The molecule has 18 heavy (non-hydrogen) atoms. The van der Waals surface area contributed by atoms with Crippen LogP contribution in [0.5, 0.6) is 0 Å².